The molecule has 19 heavy (non-hydrogen) atoms. The zero-order valence-electron chi connectivity index (χ0n) is 13.1. The Labute approximate surface area is 119 Å². The quantitative estimate of drug-likeness (QED) is 0.258. The van der Waals surface area contributed by atoms with Crippen LogP contribution in [0.3, 0.4) is 0 Å². The molecular formula is C17H32O2. The van der Waals surface area contributed by atoms with Gasteiger partial charge in [-0.2, -0.15) is 0 Å². The molecule has 0 saturated carbocycles. The van der Waals surface area contributed by atoms with Gasteiger partial charge in [0.1, 0.15) is 0 Å². The number of rotatable bonds is 13. The van der Waals surface area contributed by atoms with Crippen molar-refractivity contribution >= 4 is 0 Å². The van der Waals surface area contributed by atoms with Gasteiger partial charge in [-0.1, -0.05) is 51.8 Å². The molecule has 0 saturated heterocycles. The average Bonchev–Trinajstić information content (AvgIpc) is 2.42. The summed E-state index contributed by atoms with van der Waals surface area (Å²) >= 11 is 0. The van der Waals surface area contributed by atoms with Crippen molar-refractivity contribution in [2.75, 3.05) is 13.2 Å². The average molecular weight is 268 g/mol. The van der Waals surface area contributed by atoms with Gasteiger partial charge in [-0.05, 0) is 38.2 Å². The third-order valence-corrected chi connectivity index (χ3v) is 2.76. The fourth-order valence-corrected chi connectivity index (χ4v) is 1.53. The molecular weight excluding hydrogens is 236 g/mol. The largest absolute Gasteiger partial charge is 0.349 e. The minimum atomic E-state index is -0.159. The van der Waals surface area contributed by atoms with Crippen molar-refractivity contribution in [2.24, 2.45) is 0 Å². The van der Waals surface area contributed by atoms with Gasteiger partial charge in [-0.25, -0.2) is 0 Å². The van der Waals surface area contributed by atoms with Crippen molar-refractivity contribution in [1.82, 2.24) is 0 Å². The normalized spacial score (nSPS) is 12.2. The maximum Gasteiger partial charge on any atom is 0.176 e. The second kappa shape index (κ2) is 15.5. The van der Waals surface area contributed by atoms with E-state index in [1.54, 1.807) is 0 Å². The van der Waals surface area contributed by atoms with E-state index in [4.69, 9.17) is 9.47 Å². The van der Waals surface area contributed by atoms with Crippen molar-refractivity contribution in [1.29, 1.82) is 0 Å². The van der Waals surface area contributed by atoms with Gasteiger partial charge in [0.15, 0.2) is 6.29 Å². The maximum atomic E-state index is 5.73. The van der Waals surface area contributed by atoms with Crippen molar-refractivity contribution in [3.63, 3.8) is 0 Å². The lowest BCUT2D eigenvalue weighted by atomic mass is 10.2. The smallest absolute Gasteiger partial charge is 0.176 e. The standard InChI is InChI=1S/C17H32O2/c1-4-7-10-11-12-13-14-17(18-15-8-5-2)19-16-9-6-3/h7,10,13-14,17H,4-6,8-9,11-12,15-16H2,1-3H3/b10-7-,14-13-. The van der Waals surface area contributed by atoms with E-state index in [2.05, 4.69) is 45.1 Å². The van der Waals surface area contributed by atoms with E-state index < -0.39 is 0 Å². The summed E-state index contributed by atoms with van der Waals surface area (Å²) in [6.07, 6.45) is 16.3. The van der Waals surface area contributed by atoms with Gasteiger partial charge >= 0.3 is 0 Å². The summed E-state index contributed by atoms with van der Waals surface area (Å²) in [5.74, 6) is 0. The summed E-state index contributed by atoms with van der Waals surface area (Å²) < 4.78 is 11.5. The number of hydrogen-bond donors (Lipinski definition) is 0. The first-order valence-electron chi connectivity index (χ1n) is 7.89. The van der Waals surface area contributed by atoms with Crippen LogP contribution < -0.4 is 0 Å². The molecule has 2 heteroatoms. The van der Waals surface area contributed by atoms with E-state index in [-0.39, 0.29) is 6.29 Å². The Morgan fingerprint density at radius 2 is 1.37 bits per heavy atom. The van der Waals surface area contributed by atoms with Crippen LogP contribution in [0.2, 0.25) is 0 Å². The minimum Gasteiger partial charge on any atom is -0.349 e. The molecule has 0 N–H and O–H groups in total. The Kier molecular flexibility index (Phi) is 15.0. The second-order valence-corrected chi connectivity index (χ2v) is 4.70. The zero-order chi connectivity index (χ0) is 14.2. The Bertz CT molecular complexity index is 211. The van der Waals surface area contributed by atoms with Gasteiger partial charge in [-0.3, -0.25) is 0 Å². The molecule has 112 valence electrons. The lowest BCUT2D eigenvalue weighted by molar-refractivity contribution is -0.112. The summed E-state index contributed by atoms with van der Waals surface area (Å²) in [5, 5.41) is 0. The Morgan fingerprint density at radius 1 is 0.789 bits per heavy atom. The molecule has 0 aliphatic rings. The molecule has 0 rings (SSSR count). The highest BCUT2D eigenvalue weighted by molar-refractivity contribution is 4.89. The molecule has 2 nitrogen and oxygen atoms in total. The van der Waals surface area contributed by atoms with E-state index in [0.29, 0.717) is 0 Å². The molecule has 0 aromatic carbocycles. The first-order chi connectivity index (χ1) is 9.35. The number of hydrogen-bond acceptors (Lipinski definition) is 2. The van der Waals surface area contributed by atoms with Crippen LogP contribution in [0, 0.1) is 0 Å². The van der Waals surface area contributed by atoms with Gasteiger partial charge < -0.3 is 9.47 Å². The van der Waals surface area contributed by atoms with Crippen molar-refractivity contribution in [2.45, 2.75) is 72.0 Å². The van der Waals surface area contributed by atoms with Crippen LogP contribution in [0.4, 0.5) is 0 Å². The van der Waals surface area contributed by atoms with E-state index in [1.165, 1.54) is 0 Å². The molecule has 0 heterocycles. The van der Waals surface area contributed by atoms with Crippen molar-refractivity contribution in [3.8, 4) is 0 Å². The van der Waals surface area contributed by atoms with E-state index in [9.17, 15) is 0 Å². The molecule has 0 bridgehead atoms. The summed E-state index contributed by atoms with van der Waals surface area (Å²) in [5.41, 5.74) is 0. The van der Waals surface area contributed by atoms with Crippen LogP contribution in [0.5, 0.6) is 0 Å². The lowest BCUT2D eigenvalue weighted by Crippen LogP contribution is -2.16. The molecule has 0 atom stereocenters. The molecule has 0 aliphatic heterocycles. The fourth-order valence-electron chi connectivity index (χ4n) is 1.53. The van der Waals surface area contributed by atoms with Gasteiger partial charge in [0.2, 0.25) is 0 Å². The van der Waals surface area contributed by atoms with Gasteiger partial charge in [0.25, 0.3) is 0 Å². The molecule has 0 unspecified atom stereocenters. The van der Waals surface area contributed by atoms with Crippen LogP contribution in [-0.2, 0) is 9.47 Å². The number of allylic oxidation sites excluding steroid dienone is 3. The minimum absolute atomic E-state index is 0.159. The highest BCUT2D eigenvalue weighted by atomic mass is 16.7. The zero-order valence-corrected chi connectivity index (χ0v) is 13.1. The monoisotopic (exact) mass is 268 g/mol. The van der Waals surface area contributed by atoms with Crippen molar-refractivity contribution in [3.05, 3.63) is 24.3 Å². The summed E-state index contributed by atoms with van der Waals surface area (Å²) in [6, 6.07) is 0. The summed E-state index contributed by atoms with van der Waals surface area (Å²) in [7, 11) is 0. The van der Waals surface area contributed by atoms with Gasteiger partial charge in [-0.15, -0.1) is 0 Å². The van der Waals surface area contributed by atoms with Crippen molar-refractivity contribution < 1.29 is 9.47 Å². The lowest BCUT2D eigenvalue weighted by Gasteiger charge is -2.14. The Balaban J connectivity index is 3.86. The van der Waals surface area contributed by atoms with Crippen LogP contribution >= 0.6 is 0 Å². The molecule has 0 aromatic heterocycles. The highest BCUT2D eigenvalue weighted by Crippen LogP contribution is 2.04. The molecule has 0 aliphatic carbocycles. The first-order valence-corrected chi connectivity index (χ1v) is 7.89. The second-order valence-electron chi connectivity index (χ2n) is 4.70. The molecule has 0 fully saturated rings. The predicted octanol–water partition coefficient (Wildman–Crippen LogP) is 5.25. The fraction of sp³-hybridized carbons (Fsp3) is 0.765. The Morgan fingerprint density at radius 3 is 1.89 bits per heavy atom. The maximum absolute atomic E-state index is 5.73. The van der Waals surface area contributed by atoms with Crippen LogP contribution in [0.15, 0.2) is 24.3 Å². The van der Waals surface area contributed by atoms with Crippen LogP contribution in [-0.4, -0.2) is 19.5 Å². The predicted molar refractivity (Wildman–Crippen MR) is 83.3 cm³/mol. The number of unbranched alkanes of at least 4 members (excludes halogenated alkanes) is 3. The highest BCUT2D eigenvalue weighted by Gasteiger charge is 2.03. The summed E-state index contributed by atoms with van der Waals surface area (Å²) in [6.45, 7) is 8.07. The van der Waals surface area contributed by atoms with E-state index in [0.717, 1.165) is 58.2 Å². The topological polar surface area (TPSA) is 18.5 Å². The molecule has 0 amide bonds. The third-order valence-electron chi connectivity index (χ3n) is 2.76. The van der Waals surface area contributed by atoms with Crippen LogP contribution in [0.1, 0.15) is 65.7 Å². The van der Waals surface area contributed by atoms with E-state index in [1.807, 2.05) is 0 Å². The van der Waals surface area contributed by atoms with E-state index >= 15 is 0 Å². The van der Waals surface area contributed by atoms with Gasteiger partial charge in [0.05, 0.1) is 13.2 Å². The molecule has 0 spiro atoms. The SMILES string of the molecule is CC/C=C\CC/C=C\C(OCCCC)OCCCC. The molecule has 0 radical (unpaired) electrons. The van der Waals surface area contributed by atoms with Gasteiger partial charge in [0, 0.05) is 0 Å². The van der Waals surface area contributed by atoms with Crippen LogP contribution in [0.25, 0.3) is 0 Å². The molecule has 0 aromatic rings. The Hall–Kier alpha value is -0.600. The summed E-state index contributed by atoms with van der Waals surface area (Å²) in [4.78, 5) is 0. The first kappa shape index (κ1) is 18.4. The third kappa shape index (κ3) is 13.6. The number of ether oxygens (including phenoxy) is 2.